The van der Waals surface area contributed by atoms with Crippen molar-refractivity contribution < 1.29 is 23.8 Å². The number of anilines is 1. The Bertz CT molecular complexity index is 1450. The molecule has 0 fully saturated rings. The van der Waals surface area contributed by atoms with E-state index in [1.165, 1.54) is 7.11 Å². The van der Waals surface area contributed by atoms with Crippen LogP contribution in [-0.2, 0) is 6.61 Å². The topological polar surface area (TPSA) is 106 Å². The van der Waals surface area contributed by atoms with Crippen LogP contribution in [0, 0.1) is 6.92 Å². The summed E-state index contributed by atoms with van der Waals surface area (Å²) in [6, 6.07) is 13.6. The highest BCUT2D eigenvalue weighted by molar-refractivity contribution is 6.33. The van der Waals surface area contributed by atoms with Gasteiger partial charge >= 0.3 is 0 Å². The molecule has 2 aromatic heterocycles. The molecule has 9 heteroatoms. The van der Waals surface area contributed by atoms with E-state index >= 15 is 0 Å². The minimum absolute atomic E-state index is 0.0595. The summed E-state index contributed by atoms with van der Waals surface area (Å²) in [6.07, 6.45) is 1.55. The smallest absolute Gasteiger partial charge is 0.261 e. The molecule has 2 aromatic carbocycles. The lowest BCUT2D eigenvalue weighted by Gasteiger charge is -2.11. The van der Waals surface area contributed by atoms with E-state index in [1.807, 2.05) is 0 Å². The lowest BCUT2D eigenvalue weighted by Crippen LogP contribution is -2.22. The number of benzene rings is 2. The molecule has 0 bridgehead atoms. The van der Waals surface area contributed by atoms with Crippen molar-refractivity contribution in [1.29, 1.82) is 0 Å². The van der Waals surface area contributed by atoms with Gasteiger partial charge in [0.25, 0.3) is 5.91 Å². The van der Waals surface area contributed by atoms with Crippen LogP contribution in [0.25, 0.3) is 11.0 Å². The summed E-state index contributed by atoms with van der Waals surface area (Å²) >= 11 is 6.22. The van der Waals surface area contributed by atoms with Gasteiger partial charge in [-0.2, -0.15) is 0 Å². The second-order valence-electron chi connectivity index (χ2n) is 7.32. The molecule has 0 aliphatic carbocycles. The maximum atomic E-state index is 13.3. The Hall–Kier alpha value is -3.88. The van der Waals surface area contributed by atoms with E-state index in [4.69, 9.17) is 25.5 Å². The van der Waals surface area contributed by atoms with Crippen LogP contribution >= 0.6 is 11.6 Å². The van der Waals surface area contributed by atoms with Gasteiger partial charge in [0.15, 0.2) is 17.1 Å². The number of carbonyl (C=O) groups excluding carboxylic acids is 1. The lowest BCUT2D eigenvalue weighted by molar-refractivity contribution is 0.102. The maximum Gasteiger partial charge on any atom is 0.261 e. The van der Waals surface area contributed by atoms with Crippen LogP contribution in [0.4, 0.5) is 11.4 Å². The number of amides is 1. The molecular weight excluding hydrogens is 458 g/mol. The number of nitrogens with one attached hydrogen (secondary N) is 1. The molecule has 174 valence electrons. The molecule has 4 rings (SSSR count). The average Bonchev–Trinajstić information content (AvgIpc) is 2.85. The van der Waals surface area contributed by atoms with Crippen molar-refractivity contribution in [2.45, 2.75) is 13.5 Å². The number of aliphatic hydroxyl groups excluding tert-OH is 1. The molecule has 0 radical (unpaired) electrons. The summed E-state index contributed by atoms with van der Waals surface area (Å²) in [5, 5.41) is 13.5. The number of aryl methyl sites for hydroxylation is 1. The Morgan fingerprint density at radius 1 is 1.15 bits per heavy atom. The van der Waals surface area contributed by atoms with E-state index in [-0.39, 0.29) is 17.7 Å². The molecule has 0 saturated heterocycles. The van der Waals surface area contributed by atoms with Gasteiger partial charge in [-0.25, -0.2) is 4.99 Å². The van der Waals surface area contributed by atoms with Gasteiger partial charge in [-0.1, -0.05) is 23.7 Å². The number of para-hydroxylation sites is 1. The highest BCUT2D eigenvalue weighted by atomic mass is 35.5. The molecule has 34 heavy (non-hydrogen) atoms. The van der Waals surface area contributed by atoms with Crippen molar-refractivity contribution >= 4 is 39.9 Å². The summed E-state index contributed by atoms with van der Waals surface area (Å²) in [4.78, 5) is 22.2. The molecule has 0 aliphatic rings. The molecule has 0 atom stereocenters. The van der Waals surface area contributed by atoms with E-state index in [0.29, 0.717) is 50.1 Å². The lowest BCUT2D eigenvalue weighted by atomic mass is 10.1. The van der Waals surface area contributed by atoms with E-state index in [1.54, 1.807) is 68.8 Å². The number of methoxy groups -OCH3 is 2. The number of rotatable bonds is 6. The molecule has 2 N–H and O–H groups in total. The van der Waals surface area contributed by atoms with Crippen LogP contribution in [0.1, 0.15) is 21.6 Å². The number of pyridine rings is 1. The predicted molar refractivity (Wildman–Crippen MR) is 129 cm³/mol. The number of hydrogen-bond donors (Lipinski definition) is 2. The first-order valence-electron chi connectivity index (χ1n) is 10.3. The number of halogens is 1. The molecule has 2 heterocycles. The van der Waals surface area contributed by atoms with E-state index in [2.05, 4.69) is 15.3 Å². The van der Waals surface area contributed by atoms with Crippen molar-refractivity contribution in [1.82, 2.24) is 4.98 Å². The van der Waals surface area contributed by atoms with Gasteiger partial charge in [-0.3, -0.25) is 9.78 Å². The second kappa shape index (κ2) is 9.94. The quantitative estimate of drug-likeness (QED) is 0.412. The third kappa shape index (κ3) is 4.59. The number of nitrogens with zero attached hydrogens (tertiary/aromatic N) is 2. The van der Waals surface area contributed by atoms with Gasteiger partial charge in [0, 0.05) is 23.2 Å². The SMILES string of the molecule is COc1ccc(N=c2oc3c(C)ncc(CO)c3cc2C(=O)Nc2ccccc2Cl)cc1OC. The second-order valence-corrected chi connectivity index (χ2v) is 7.73. The molecule has 0 aliphatic heterocycles. The predicted octanol–water partition coefficient (Wildman–Crippen LogP) is 4.78. The van der Waals surface area contributed by atoms with Crippen LogP contribution in [0.15, 0.2) is 64.1 Å². The van der Waals surface area contributed by atoms with Gasteiger partial charge in [-0.15, -0.1) is 0 Å². The van der Waals surface area contributed by atoms with E-state index in [0.717, 1.165) is 0 Å². The first-order valence-corrected chi connectivity index (χ1v) is 10.7. The van der Waals surface area contributed by atoms with Gasteiger partial charge in [-0.05, 0) is 37.3 Å². The first-order chi connectivity index (χ1) is 16.4. The number of carbonyl (C=O) groups is 1. The number of hydrogen-bond acceptors (Lipinski definition) is 7. The van der Waals surface area contributed by atoms with Gasteiger partial charge in [0.2, 0.25) is 5.55 Å². The Morgan fingerprint density at radius 3 is 2.62 bits per heavy atom. The monoisotopic (exact) mass is 479 g/mol. The van der Waals surface area contributed by atoms with Crippen LogP contribution < -0.4 is 20.3 Å². The average molecular weight is 480 g/mol. The van der Waals surface area contributed by atoms with Crippen molar-refractivity contribution in [3.8, 4) is 11.5 Å². The molecule has 0 spiro atoms. The van der Waals surface area contributed by atoms with E-state index in [9.17, 15) is 9.90 Å². The largest absolute Gasteiger partial charge is 0.493 e. The zero-order valence-corrected chi connectivity index (χ0v) is 19.5. The third-order valence-electron chi connectivity index (χ3n) is 5.19. The molecular formula is C25H22ClN3O5. The Balaban J connectivity index is 1.94. The number of aliphatic hydroxyl groups is 1. The van der Waals surface area contributed by atoms with Crippen LogP contribution in [0.2, 0.25) is 5.02 Å². The summed E-state index contributed by atoms with van der Waals surface area (Å²) in [5.74, 6) is 0.546. The Kier molecular flexibility index (Phi) is 6.81. The standard InChI is InChI=1S/C25H22ClN3O5/c1-14-23-17(15(13-30)12-27-14)11-18(24(31)29-20-7-5-4-6-19(20)26)25(34-23)28-16-8-9-21(32-2)22(10-16)33-3/h4-12,30H,13H2,1-3H3,(H,29,31). The molecule has 1 amide bonds. The zero-order valence-electron chi connectivity index (χ0n) is 18.8. The van der Waals surface area contributed by atoms with Gasteiger partial charge < -0.3 is 24.3 Å². The normalized spacial score (nSPS) is 11.5. The number of ether oxygens (including phenoxy) is 2. The van der Waals surface area contributed by atoms with Gasteiger partial charge in [0.05, 0.1) is 42.9 Å². The minimum atomic E-state index is -0.476. The molecule has 8 nitrogen and oxygen atoms in total. The summed E-state index contributed by atoms with van der Waals surface area (Å²) in [5.41, 5.74) is 2.67. The van der Waals surface area contributed by atoms with Gasteiger partial charge in [0.1, 0.15) is 5.56 Å². The maximum absolute atomic E-state index is 13.3. The summed E-state index contributed by atoms with van der Waals surface area (Å²) in [7, 11) is 3.06. The minimum Gasteiger partial charge on any atom is -0.493 e. The van der Waals surface area contributed by atoms with Crippen molar-refractivity contribution in [3.05, 3.63) is 82.1 Å². The van der Waals surface area contributed by atoms with Crippen molar-refractivity contribution in [2.75, 3.05) is 19.5 Å². The Morgan fingerprint density at radius 2 is 1.91 bits per heavy atom. The first kappa shape index (κ1) is 23.3. The van der Waals surface area contributed by atoms with Crippen molar-refractivity contribution in [3.63, 3.8) is 0 Å². The zero-order chi connectivity index (χ0) is 24.2. The Labute approximate surface area is 200 Å². The fraction of sp³-hybridized carbons (Fsp3) is 0.160. The highest BCUT2D eigenvalue weighted by Crippen LogP contribution is 2.31. The molecule has 4 aromatic rings. The van der Waals surface area contributed by atoms with E-state index < -0.39 is 5.91 Å². The third-order valence-corrected chi connectivity index (χ3v) is 5.52. The van der Waals surface area contributed by atoms with Crippen molar-refractivity contribution in [2.24, 2.45) is 4.99 Å². The number of aromatic nitrogens is 1. The fourth-order valence-electron chi connectivity index (χ4n) is 3.42. The molecule has 0 saturated carbocycles. The van der Waals surface area contributed by atoms with Crippen LogP contribution in [-0.4, -0.2) is 30.2 Å². The molecule has 0 unspecified atom stereocenters. The van der Waals surface area contributed by atoms with Crippen LogP contribution in [0.3, 0.4) is 0 Å². The number of fused-ring (bicyclic) bond motifs is 1. The van der Waals surface area contributed by atoms with Crippen LogP contribution in [0.5, 0.6) is 11.5 Å². The highest BCUT2D eigenvalue weighted by Gasteiger charge is 2.17. The fourth-order valence-corrected chi connectivity index (χ4v) is 3.61. The summed E-state index contributed by atoms with van der Waals surface area (Å²) < 4.78 is 16.7. The summed E-state index contributed by atoms with van der Waals surface area (Å²) in [6.45, 7) is 1.51.